The molecule has 0 saturated heterocycles. The Kier molecular flexibility index (Phi) is 4.15. The first kappa shape index (κ1) is 14.4. The van der Waals surface area contributed by atoms with Crippen LogP contribution in [-0.2, 0) is 17.8 Å². The van der Waals surface area contributed by atoms with Crippen LogP contribution >= 0.6 is 11.3 Å². The van der Waals surface area contributed by atoms with Crippen LogP contribution in [0, 0.1) is 5.92 Å². The molecule has 0 spiro atoms. The minimum absolute atomic E-state index is 0.168. The van der Waals surface area contributed by atoms with Crippen molar-refractivity contribution in [1.82, 2.24) is 4.90 Å². The van der Waals surface area contributed by atoms with Crippen LogP contribution in [0.4, 0.5) is 0 Å². The maximum absolute atomic E-state index is 12.1. The molecular formula is C17H21NO2S. The van der Waals surface area contributed by atoms with E-state index in [1.807, 2.05) is 24.6 Å². The number of aryl methyl sites for hydroxylation is 1. The van der Waals surface area contributed by atoms with Gasteiger partial charge >= 0.3 is 0 Å². The predicted molar refractivity (Wildman–Crippen MR) is 84.3 cm³/mol. The molecule has 1 saturated carbocycles. The lowest BCUT2D eigenvalue weighted by Crippen LogP contribution is -2.25. The van der Waals surface area contributed by atoms with E-state index in [-0.39, 0.29) is 5.91 Å². The van der Waals surface area contributed by atoms with E-state index in [0.717, 1.165) is 17.4 Å². The number of amides is 1. The Bertz CT molecular complexity index is 602. The van der Waals surface area contributed by atoms with Crippen LogP contribution < -0.4 is 0 Å². The normalized spacial score (nSPS) is 20.5. The Morgan fingerprint density at radius 3 is 2.90 bits per heavy atom. The van der Waals surface area contributed by atoms with E-state index in [2.05, 4.69) is 19.1 Å². The quantitative estimate of drug-likeness (QED) is 0.806. The van der Waals surface area contributed by atoms with Gasteiger partial charge in [-0.3, -0.25) is 4.79 Å². The molecule has 0 N–H and O–H groups in total. The number of furan rings is 1. The minimum atomic E-state index is 0.168. The summed E-state index contributed by atoms with van der Waals surface area (Å²) in [5.74, 6) is 3.55. The van der Waals surface area contributed by atoms with Gasteiger partial charge in [0.1, 0.15) is 11.5 Å². The van der Waals surface area contributed by atoms with Crippen LogP contribution in [0.5, 0.6) is 0 Å². The molecule has 0 bridgehead atoms. The van der Waals surface area contributed by atoms with Crippen LogP contribution in [0.25, 0.3) is 0 Å². The Balaban J connectivity index is 1.47. The SMILES string of the molecule is C[C@H]1C[C@@H]1c1ccc(CCC(=O)N(C)Cc2cccs2)o1. The number of hydrogen-bond acceptors (Lipinski definition) is 3. The molecule has 2 heterocycles. The first-order valence-corrected chi connectivity index (χ1v) is 8.36. The van der Waals surface area contributed by atoms with Gasteiger partial charge in [-0.1, -0.05) is 13.0 Å². The van der Waals surface area contributed by atoms with Gasteiger partial charge in [-0.25, -0.2) is 0 Å². The molecule has 0 unspecified atom stereocenters. The van der Waals surface area contributed by atoms with Crippen molar-refractivity contribution in [2.24, 2.45) is 5.92 Å². The van der Waals surface area contributed by atoms with Crippen molar-refractivity contribution in [1.29, 1.82) is 0 Å². The first-order valence-electron chi connectivity index (χ1n) is 7.48. The molecule has 1 aliphatic carbocycles. The maximum atomic E-state index is 12.1. The Morgan fingerprint density at radius 2 is 2.24 bits per heavy atom. The first-order chi connectivity index (χ1) is 10.1. The molecule has 4 heteroatoms. The molecule has 21 heavy (non-hydrogen) atoms. The fourth-order valence-corrected chi connectivity index (χ4v) is 3.35. The molecule has 1 aliphatic rings. The number of hydrogen-bond donors (Lipinski definition) is 0. The molecule has 112 valence electrons. The molecule has 0 radical (unpaired) electrons. The molecule has 3 nitrogen and oxygen atoms in total. The third-order valence-electron chi connectivity index (χ3n) is 4.14. The molecule has 3 rings (SSSR count). The smallest absolute Gasteiger partial charge is 0.223 e. The Morgan fingerprint density at radius 1 is 1.43 bits per heavy atom. The minimum Gasteiger partial charge on any atom is -0.466 e. The number of carbonyl (C=O) groups excluding carboxylic acids is 1. The van der Waals surface area contributed by atoms with Crippen molar-refractivity contribution in [2.75, 3.05) is 7.05 Å². The van der Waals surface area contributed by atoms with Gasteiger partial charge in [0.2, 0.25) is 5.91 Å². The standard InChI is InChI=1S/C17H21NO2S/c1-12-10-15(12)16-7-5-13(20-16)6-8-17(19)18(2)11-14-4-3-9-21-14/h3-5,7,9,12,15H,6,8,10-11H2,1-2H3/t12-,15-/m0/s1. The fraction of sp³-hybridized carbons (Fsp3) is 0.471. The summed E-state index contributed by atoms with van der Waals surface area (Å²) in [4.78, 5) is 15.1. The summed E-state index contributed by atoms with van der Waals surface area (Å²) in [6, 6.07) is 8.17. The van der Waals surface area contributed by atoms with Gasteiger partial charge in [0.25, 0.3) is 0 Å². The second kappa shape index (κ2) is 6.06. The fourth-order valence-electron chi connectivity index (χ4n) is 2.59. The molecule has 2 aromatic rings. The highest BCUT2D eigenvalue weighted by atomic mass is 32.1. The highest BCUT2D eigenvalue weighted by Gasteiger charge is 2.36. The van der Waals surface area contributed by atoms with E-state index in [0.29, 0.717) is 25.3 Å². The van der Waals surface area contributed by atoms with Gasteiger partial charge in [0, 0.05) is 30.7 Å². The highest BCUT2D eigenvalue weighted by Crippen LogP contribution is 2.47. The van der Waals surface area contributed by atoms with Crippen molar-refractivity contribution in [2.45, 2.75) is 38.6 Å². The topological polar surface area (TPSA) is 33.5 Å². The number of thiophene rings is 1. The third-order valence-corrected chi connectivity index (χ3v) is 5.00. The molecule has 2 atom stereocenters. The summed E-state index contributed by atoms with van der Waals surface area (Å²) in [7, 11) is 1.86. The molecule has 0 aliphatic heterocycles. The molecule has 0 aromatic carbocycles. The van der Waals surface area contributed by atoms with E-state index in [1.165, 1.54) is 11.3 Å². The predicted octanol–water partition coefficient (Wildman–Crippen LogP) is 4.06. The van der Waals surface area contributed by atoms with Crippen LogP contribution in [0.1, 0.15) is 42.1 Å². The van der Waals surface area contributed by atoms with Crippen molar-refractivity contribution >= 4 is 17.2 Å². The highest BCUT2D eigenvalue weighted by molar-refractivity contribution is 7.09. The van der Waals surface area contributed by atoms with Gasteiger partial charge in [0.15, 0.2) is 0 Å². The van der Waals surface area contributed by atoms with Crippen molar-refractivity contribution in [3.8, 4) is 0 Å². The van der Waals surface area contributed by atoms with Gasteiger partial charge < -0.3 is 9.32 Å². The van der Waals surface area contributed by atoms with E-state index in [1.54, 1.807) is 16.2 Å². The third kappa shape index (κ3) is 3.56. The van der Waals surface area contributed by atoms with Crippen LogP contribution in [-0.4, -0.2) is 17.9 Å². The lowest BCUT2D eigenvalue weighted by Gasteiger charge is -2.15. The summed E-state index contributed by atoms with van der Waals surface area (Å²) >= 11 is 1.68. The van der Waals surface area contributed by atoms with E-state index >= 15 is 0 Å². The van der Waals surface area contributed by atoms with E-state index < -0.39 is 0 Å². The second-order valence-electron chi connectivity index (χ2n) is 5.95. The lowest BCUT2D eigenvalue weighted by molar-refractivity contribution is -0.130. The Hall–Kier alpha value is -1.55. The summed E-state index contributed by atoms with van der Waals surface area (Å²) in [6.07, 6.45) is 2.43. The van der Waals surface area contributed by atoms with Gasteiger partial charge in [-0.2, -0.15) is 0 Å². The van der Waals surface area contributed by atoms with Crippen molar-refractivity contribution in [3.63, 3.8) is 0 Å². The molecular weight excluding hydrogens is 282 g/mol. The van der Waals surface area contributed by atoms with Crippen LogP contribution in [0.2, 0.25) is 0 Å². The van der Waals surface area contributed by atoms with Crippen molar-refractivity contribution < 1.29 is 9.21 Å². The lowest BCUT2D eigenvalue weighted by atomic mass is 10.2. The largest absolute Gasteiger partial charge is 0.466 e. The zero-order valence-electron chi connectivity index (χ0n) is 12.5. The average molecular weight is 303 g/mol. The number of carbonyl (C=O) groups is 1. The van der Waals surface area contributed by atoms with Gasteiger partial charge in [-0.05, 0) is 35.9 Å². The van der Waals surface area contributed by atoms with E-state index in [4.69, 9.17) is 4.42 Å². The van der Waals surface area contributed by atoms with Crippen molar-refractivity contribution in [3.05, 3.63) is 46.0 Å². The molecule has 1 fully saturated rings. The second-order valence-corrected chi connectivity index (χ2v) is 6.98. The Labute approximate surface area is 129 Å². The maximum Gasteiger partial charge on any atom is 0.223 e. The molecule has 2 aromatic heterocycles. The zero-order chi connectivity index (χ0) is 14.8. The monoisotopic (exact) mass is 303 g/mol. The summed E-state index contributed by atoms with van der Waals surface area (Å²) in [5.41, 5.74) is 0. The average Bonchev–Trinajstić information content (AvgIpc) is 2.88. The van der Waals surface area contributed by atoms with Gasteiger partial charge in [-0.15, -0.1) is 11.3 Å². The summed E-state index contributed by atoms with van der Waals surface area (Å²) < 4.78 is 5.85. The summed E-state index contributed by atoms with van der Waals surface area (Å²) in [5, 5.41) is 2.04. The van der Waals surface area contributed by atoms with Crippen LogP contribution in [0.15, 0.2) is 34.1 Å². The van der Waals surface area contributed by atoms with Gasteiger partial charge in [0.05, 0.1) is 6.54 Å². The number of nitrogens with zero attached hydrogens (tertiary/aromatic N) is 1. The summed E-state index contributed by atoms with van der Waals surface area (Å²) in [6.45, 7) is 2.94. The van der Waals surface area contributed by atoms with Crippen LogP contribution in [0.3, 0.4) is 0 Å². The number of rotatable bonds is 6. The zero-order valence-corrected chi connectivity index (χ0v) is 13.4. The van der Waals surface area contributed by atoms with E-state index in [9.17, 15) is 4.79 Å². The molecule has 1 amide bonds.